The first kappa shape index (κ1) is 12.3. The fourth-order valence-corrected chi connectivity index (χ4v) is 2.80. The lowest BCUT2D eigenvalue weighted by Gasteiger charge is -2.28. The van der Waals surface area contributed by atoms with E-state index in [1.165, 1.54) is 0 Å². The van der Waals surface area contributed by atoms with Crippen LogP contribution in [0.4, 0.5) is 5.69 Å². The molecule has 2 aliphatic heterocycles. The number of carbonyl (C=O) groups is 1. The van der Waals surface area contributed by atoms with Crippen LogP contribution in [0.5, 0.6) is 11.5 Å². The van der Waals surface area contributed by atoms with E-state index in [2.05, 4.69) is 10.6 Å². The highest BCUT2D eigenvalue weighted by atomic mass is 35.5. The number of nitrogens with one attached hydrogen (secondary N) is 2. The first-order chi connectivity index (χ1) is 10.2. The number of ether oxygens (including phenoxy) is 2. The molecule has 2 aromatic carbocycles. The molecule has 2 aliphatic rings. The van der Waals surface area contributed by atoms with Crippen LogP contribution < -0.4 is 20.1 Å². The summed E-state index contributed by atoms with van der Waals surface area (Å²) in [5.74, 6) is 1.01. The van der Waals surface area contributed by atoms with E-state index in [1.54, 1.807) is 12.1 Å². The smallest absolute Gasteiger partial charge is 0.255 e. The number of carbonyl (C=O) groups excluding carboxylic acids is 1. The zero-order chi connectivity index (χ0) is 14.4. The standard InChI is InChI=1S/C15H11ClN2O3/c16-10-5-8(6-12-13(10)21-7-20-12)14-17-11-4-2-1-3-9(11)15(19)18-14/h1-6,14,17H,7H2,(H,18,19)/t14-/m0/s1. The second-order valence-corrected chi connectivity index (χ2v) is 5.24. The quantitative estimate of drug-likeness (QED) is 0.850. The minimum atomic E-state index is -0.362. The molecule has 0 aliphatic carbocycles. The number of rotatable bonds is 1. The van der Waals surface area contributed by atoms with E-state index in [9.17, 15) is 4.79 Å². The van der Waals surface area contributed by atoms with Crippen LogP contribution in [0.3, 0.4) is 0 Å². The summed E-state index contributed by atoms with van der Waals surface area (Å²) >= 11 is 6.19. The number of benzene rings is 2. The minimum absolute atomic E-state index is 0.122. The predicted molar refractivity (Wildman–Crippen MR) is 77.8 cm³/mol. The summed E-state index contributed by atoms with van der Waals surface area (Å²) in [6, 6.07) is 10.9. The van der Waals surface area contributed by atoms with Crippen LogP contribution in [-0.4, -0.2) is 12.7 Å². The summed E-state index contributed by atoms with van der Waals surface area (Å²) in [5.41, 5.74) is 2.23. The lowest BCUT2D eigenvalue weighted by atomic mass is 10.1. The summed E-state index contributed by atoms with van der Waals surface area (Å²) in [7, 11) is 0. The summed E-state index contributed by atoms with van der Waals surface area (Å²) < 4.78 is 10.6. The fourth-order valence-electron chi connectivity index (χ4n) is 2.53. The van der Waals surface area contributed by atoms with Crippen LogP contribution in [0.1, 0.15) is 22.1 Å². The van der Waals surface area contributed by atoms with Gasteiger partial charge in [0.15, 0.2) is 11.5 Å². The molecule has 2 heterocycles. The summed E-state index contributed by atoms with van der Waals surface area (Å²) in [6.45, 7) is 0.159. The van der Waals surface area contributed by atoms with Crippen molar-refractivity contribution in [2.45, 2.75) is 6.17 Å². The molecule has 21 heavy (non-hydrogen) atoms. The lowest BCUT2D eigenvalue weighted by Crippen LogP contribution is -2.38. The fraction of sp³-hybridized carbons (Fsp3) is 0.133. The SMILES string of the molecule is O=C1N[C@@H](c2cc(Cl)c3c(c2)OCO3)Nc2ccccc21. The second-order valence-electron chi connectivity index (χ2n) is 4.83. The maximum absolute atomic E-state index is 12.1. The van der Waals surface area contributed by atoms with Gasteiger partial charge in [-0.15, -0.1) is 0 Å². The Balaban J connectivity index is 1.73. The number of halogens is 1. The average molecular weight is 303 g/mol. The molecule has 2 N–H and O–H groups in total. The number of hydrogen-bond donors (Lipinski definition) is 2. The third kappa shape index (κ3) is 1.97. The van der Waals surface area contributed by atoms with Crippen molar-refractivity contribution in [2.75, 3.05) is 12.1 Å². The summed E-state index contributed by atoms with van der Waals surface area (Å²) in [6.07, 6.45) is -0.362. The maximum Gasteiger partial charge on any atom is 0.255 e. The van der Waals surface area contributed by atoms with Crippen molar-refractivity contribution in [1.82, 2.24) is 5.32 Å². The molecule has 0 bridgehead atoms. The van der Waals surface area contributed by atoms with Crippen molar-refractivity contribution >= 4 is 23.2 Å². The van der Waals surface area contributed by atoms with Gasteiger partial charge in [-0.1, -0.05) is 23.7 Å². The highest BCUT2D eigenvalue weighted by Crippen LogP contribution is 2.41. The Hall–Kier alpha value is -2.40. The molecule has 106 valence electrons. The topological polar surface area (TPSA) is 59.6 Å². The van der Waals surface area contributed by atoms with Gasteiger partial charge in [0.05, 0.1) is 10.6 Å². The largest absolute Gasteiger partial charge is 0.454 e. The van der Waals surface area contributed by atoms with Gasteiger partial charge in [0.1, 0.15) is 6.17 Å². The maximum atomic E-state index is 12.1. The van der Waals surface area contributed by atoms with E-state index in [0.717, 1.165) is 11.3 Å². The summed E-state index contributed by atoms with van der Waals surface area (Å²) in [4.78, 5) is 12.1. The van der Waals surface area contributed by atoms with Gasteiger partial charge in [-0.25, -0.2) is 0 Å². The molecule has 6 heteroatoms. The second kappa shape index (κ2) is 4.56. The molecule has 0 aromatic heterocycles. The Kier molecular flexibility index (Phi) is 2.68. The number of amides is 1. The summed E-state index contributed by atoms with van der Waals surface area (Å²) in [5, 5.41) is 6.64. The monoisotopic (exact) mass is 302 g/mol. The van der Waals surface area contributed by atoms with E-state index in [-0.39, 0.29) is 18.9 Å². The Bertz CT molecular complexity index is 748. The molecule has 0 spiro atoms. The van der Waals surface area contributed by atoms with Crippen LogP contribution in [0, 0.1) is 0 Å². The number of fused-ring (bicyclic) bond motifs is 2. The Labute approximate surface area is 125 Å². The van der Waals surface area contributed by atoms with Crippen molar-refractivity contribution in [2.24, 2.45) is 0 Å². The van der Waals surface area contributed by atoms with Gasteiger partial charge in [-0.3, -0.25) is 4.79 Å². The number of hydrogen-bond acceptors (Lipinski definition) is 4. The highest BCUT2D eigenvalue weighted by molar-refractivity contribution is 6.32. The van der Waals surface area contributed by atoms with Crippen molar-refractivity contribution < 1.29 is 14.3 Å². The van der Waals surface area contributed by atoms with Crippen molar-refractivity contribution in [3.63, 3.8) is 0 Å². The Morgan fingerprint density at radius 1 is 1.14 bits per heavy atom. The molecule has 4 rings (SSSR count). The van der Waals surface area contributed by atoms with Gasteiger partial charge >= 0.3 is 0 Å². The van der Waals surface area contributed by atoms with Crippen LogP contribution in [0.15, 0.2) is 36.4 Å². The Morgan fingerprint density at radius 2 is 2.00 bits per heavy atom. The van der Waals surface area contributed by atoms with E-state index >= 15 is 0 Å². The molecule has 0 fully saturated rings. The minimum Gasteiger partial charge on any atom is -0.454 e. The van der Waals surface area contributed by atoms with Gasteiger partial charge in [0.2, 0.25) is 6.79 Å². The average Bonchev–Trinajstić information content (AvgIpc) is 2.96. The number of anilines is 1. The zero-order valence-corrected chi connectivity index (χ0v) is 11.6. The third-order valence-corrected chi connectivity index (χ3v) is 3.81. The molecule has 1 atom stereocenters. The molecular formula is C15H11ClN2O3. The molecule has 1 amide bonds. The first-order valence-corrected chi connectivity index (χ1v) is 6.85. The van der Waals surface area contributed by atoms with Crippen molar-refractivity contribution in [3.8, 4) is 11.5 Å². The van der Waals surface area contributed by atoms with Crippen LogP contribution in [0.2, 0.25) is 5.02 Å². The molecule has 0 saturated carbocycles. The van der Waals surface area contributed by atoms with Crippen molar-refractivity contribution in [3.05, 3.63) is 52.5 Å². The van der Waals surface area contributed by atoms with Gasteiger partial charge in [0, 0.05) is 5.69 Å². The first-order valence-electron chi connectivity index (χ1n) is 6.48. The van der Waals surface area contributed by atoms with E-state index in [0.29, 0.717) is 22.1 Å². The highest BCUT2D eigenvalue weighted by Gasteiger charge is 2.27. The zero-order valence-electron chi connectivity index (χ0n) is 10.9. The third-order valence-electron chi connectivity index (χ3n) is 3.53. The molecular weight excluding hydrogens is 292 g/mol. The van der Waals surface area contributed by atoms with Crippen LogP contribution in [0.25, 0.3) is 0 Å². The predicted octanol–water partition coefficient (Wildman–Crippen LogP) is 2.92. The van der Waals surface area contributed by atoms with Gasteiger partial charge < -0.3 is 20.1 Å². The van der Waals surface area contributed by atoms with Gasteiger partial charge in [-0.05, 0) is 29.8 Å². The molecule has 0 saturated heterocycles. The Morgan fingerprint density at radius 3 is 2.90 bits per heavy atom. The number of para-hydroxylation sites is 1. The van der Waals surface area contributed by atoms with Crippen molar-refractivity contribution in [1.29, 1.82) is 0 Å². The molecule has 5 nitrogen and oxygen atoms in total. The molecule has 2 aromatic rings. The van der Waals surface area contributed by atoms with E-state index < -0.39 is 0 Å². The lowest BCUT2D eigenvalue weighted by molar-refractivity contribution is 0.0935. The van der Waals surface area contributed by atoms with Crippen LogP contribution in [-0.2, 0) is 0 Å². The van der Waals surface area contributed by atoms with E-state index in [1.807, 2.05) is 24.3 Å². The van der Waals surface area contributed by atoms with Gasteiger partial charge in [0.25, 0.3) is 5.91 Å². The van der Waals surface area contributed by atoms with Crippen LogP contribution >= 0.6 is 11.6 Å². The van der Waals surface area contributed by atoms with E-state index in [4.69, 9.17) is 21.1 Å². The molecule has 0 unspecified atom stereocenters. The molecule has 0 radical (unpaired) electrons. The normalized spacial score (nSPS) is 18.7. The van der Waals surface area contributed by atoms with Gasteiger partial charge in [-0.2, -0.15) is 0 Å².